The highest BCUT2D eigenvalue weighted by atomic mass is 16.5. The number of hydrogen-bond donors (Lipinski definition) is 1. The van der Waals surface area contributed by atoms with Gasteiger partial charge in [0.25, 0.3) is 5.91 Å². The Labute approximate surface area is 156 Å². The summed E-state index contributed by atoms with van der Waals surface area (Å²) >= 11 is 0. The summed E-state index contributed by atoms with van der Waals surface area (Å²) in [6, 6.07) is 15.8. The Bertz CT molecular complexity index is 742. The van der Waals surface area contributed by atoms with E-state index >= 15 is 0 Å². The van der Waals surface area contributed by atoms with Crippen LogP contribution in [0.5, 0.6) is 5.75 Å². The number of likely N-dealkylation sites (tertiary alicyclic amines) is 1. The van der Waals surface area contributed by atoms with Crippen LogP contribution in [-0.2, 0) is 6.61 Å². The highest BCUT2D eigenvalue weighted by Gasteiger charge is 2.25. The molecule has 0 aliphatic carbocycles. The van der Waals surface area contributed by atoms with Crippen LogP contribution in [-0.4, -0.2) is 37.5 Å². The number of nitrogens with zero attached hydrogens (tertiary/aromatic N) is 1. The van der Waals surface area contributed by atoms with Gasteiger partial charge < -0.3 is 15.0 Å². The van der Waals surface area contributed by atoms with Crippen molar-refractivity contribution in [2.45, 2.75) is 26.4 Å². The number of para-hydroxylation sites is 1. The van der Waals surface area contributed by atoms with E-state index in [0.717, 1.165) is 31.6 Å². The van der Waals surface area contributed by atoms with Gasteiger partial charge in [-0.25, -0.2) is 0 Å². The van der Waals surface area contributed by atoms with Crippen molar-refractivity contribution in [1.82, 2.24) is 10.2 Å². The predicted octanol–water partition coefficient (Wildman–Crippen LogP) is 3.65. The number of hydrogen-bond acceptors (Lipinski definition) is 3. The molecule has 1 N–H and O–H groups in total. The number of carbonyl (C=O) groups excluding carboxylic acids is 1. The van der Waals surface area contributed by atoms with Crippen LogP contribution in [0.15, 0.2) is 48.5 Å². The fraction of sp³-hybridized carbons (Fsp3) is 0.409. The highest BCUT2D eigenvalue weighted by Crippen LogP contribution is 2.24. The molecule has 1 amide bonds. The summed E-state index contributed by atoms with van der Waals surface area (Å²) in [5.41, 5.74) is 3.00. The van der Waals surface area contributed by atoms with Gasteiger partial charge in [0.05, 0.1) is 5.56 Å². The quantitative estimate of drug-likeness (QED) is 0.863. The standard InChI is InChI=1S/C22H28N2O2/c1-17-8-3-4-10-19(17)16-26-21-12-6-5-11-20(21)22(25)24-13-7-9-18(15-24)14-23-2/h3-6,8,10-12,18,23H,7,9,13-16H2,1-2H3. The fourth-order valence-electron chi connectivity index (χ4n) is 3.57. The molecule has 1 saturated heterocycles. The van der Waals surface area contributed by atoms with Gasteiger partial charge in [0, 0.05) is 13.1 Å². The van der Waals surface area contributed by atoms with Crippen LogP contribution < -0.4 is 10.1 Å². The van der Waals surface area contributed by atoms with Gasteiger partial charge in [-0.2, -0.15) is 0 Å². The van der Waals surface area contributed by atoms with E-state index in [1.165, 1.54) is 12.0 Å². The molecule has 2 aromatic rings. The molecule has 0 radical (unpaired) electrons. The first kappa shape index (κ1) is 18.5. The van der Waals surface area contributed by atoms with E-state index in [1.807, 2.05) is 48.3 Å². The summed E-state index contributed by atoms with van der Waals surface area (Å²) in [5.74, 6) is 1.26. The lowest BCUT2D eigenvalue weighted by atomic mass is 9.97. The van der Waals surface area contributed by atoms with Crippen molar-refractivity contribution in [3.8, 4) is 5.75 Å². The monoisotopic (exact) mass is 352 g/mol. The third kappa shape index (κ3) is 4.44. The van der Waals surface area contributed by atoms with Gasteiger partial charge in [-0.15, -0.1) is 0 Å². The summed E-state index contributed by atoms with van der Waals surface area (Å²) in [5, 5.41) is 3.23. The summed E-state index contributed by atoms with van der Waals surface area (Å²) in [4.78, 5) is 15.0. The van der Waals surface area contributed by atoms with Gasteiger partial charge in [0.2, 0.25) is 0 Å². The molecule has 26 heavy (non-hydrogen) atoms. The van der Waals surface area contributed by atoms with Crippen molar-refractivity contribution in [2.75, 3.05) is 26.7 Å². The van der Waals surface area contributed by atoms with E-state index in [0.29, 0.717) is 23.8 Å². The van der Waals surface area contributed by atoms with Crippen molar-refractivity contribution >= 4 is 5.91 Å². The molecule has 4 nitrogen and oxygen atoms in total. The van der Waals surface area contributed by atoms with E-state index in [1.54, 1.807) is 0 Å². The Hall–Kier alpha value is -2.33. The topological polar surface area (TPSA) is 41.6 Å². The molecule has 0 bridgehead atoms. The minimum Gasteiger partial charge on any atom is -0.488 e. The number of rotatable bonds is 6. The van der Waals surface area contributed by atoms with Crippen LogP contribution in [0.25, 0.3) is 0 Å². The van der Waals surface area contributed by atoms with E-state index in [9.17, 15) is 4.79 Å². The molecule has 1 atom stereocenters. The molecule has 1 heterocycles. The van der Waals surface area contributed by atoms with Crippen molar-refractivity contribution < 1.29 is 9.53 Å². The third-order valence-corrected chi connectivity index (χ3v) is 5.06. The second kappa shape index (κ2) is 8.86. The summed E-state index contributed by atoms with van der Waals surface area (Å²) < 4.78 is 6.03. The van der Waals surface area contributed by atoms with E-state index in [4.69, 9.17) is 4.74 Å². The van der Waals surface area contributed by atoms with Gasteiger partial charge in [-0.1, -0.05) is 36.4 Å². The average molecular weight is 352 g/mol. The zero-order valence-electron chi connectivity index (χ0n) is 15.7. The normalized spacial score (nSPS) is 17.2. The maximum absolute atomic E-state index is 13.1. The van der Waals surface area contributed by atoms with Gasteiger partial charge >= 0.3 is 0 Å². The average Bonchev–Trinajstić information content (AvgIpc) is 2.67. The molecule has 1 fully saturated rings. The molecule has 3 rings (SSSR count). The van der Waals surface area contributed by atoms with Gasteiger partial charge in [-0.3, -0.25) is 4.79 Å². The first-order valence-electron chi connectivity index (χ1n) is 9.39. The Kier molecular flexibility index (Phi) is 6.29. The molecule has 0 spiro atoms. The van der Waals surface area contributed by atoms with E-state index in [-0.39, 0.29) is 5.91 Å². The molecule has 138 valence electrons. The van der Waals surface area contributed by atoms with Crippen molar-refractivity contribution in [3.05, 3.63) is 65.2 Å². The highest BCUT2D eigenvalue weighted by molar-refractivity contribution is 5.97. The lowest BCUT2D eigenvalue weighted by molar-refractivity contribution is 0.0669. The Morgan fingerprint density at radius 2 is 1.96 bits per heavy atom. The maximum atomic E-state index is 13.1. The van der Waals surface area contributed by atoms with Crippen molar-refractivity contribution in [1.29, 1.82) is 0 Å². The van der Waals surface area contributed by atoms with Crippen LogP contribution in [0.4, 0.5) is 0 Å². The molecule has 2 aromatic carbocycles. The molecular formula is C22H28N2O2. The Morgan fingerprint density at radius 3 is 2.77 bits per heavy atom. The first-order valence-corrected chi connectivity index (χ1v) is 9.39. The van der Waals surface area contributed by atoms with Crippen LogP contribution in [0.3, 0.4) is 0 Å². The Morgan fingerprint density at radius 1 is 1.19 bits per heavy atom. The minimum absolute atomic E-state index is 0.0752. The molecule has 1 aliphatic rings. The number of aryl methyl sites for hydroxylation is 1. The van der Waals surface area contributed by atoms with Crippen LogP contribution >= 0.6 is 0 Å². The summed E-state index contributed by atoms with van der Waals surface area (Å²) in [6.07, 6.45) is 2.24. The van der Waals surface area contributed by atoms with Gasteiger partial charge in [-0.05, 0) is 62.5 Å². The number of nitrogens with one attached hydrogen (secondary N) is 1. The summed E-state index contributed by atoms with van der Waals surface area (Å²) in [7, 11) is 1.97. The number of benzene rings is 2. The lowest BCUT2D eigenvalue weighted by Gasteiger charge is -2.33. The zero-order valence-corrected chi connectivity index (χ0v) is 15.7. The van der Waals surface area contributed by atoms with Crippen LogP contribution in [0.2, 0.25) is 0 Å². The second-order valence-corrected chi connectivity index (χ2v) is 7.03. The van der Waals surface area contributed by atoms with Crippen LogP contribution in [0, 0.1) is 12.8 Å². The van der Waals surface area contributed by atoms with Crippen LogP contribution in [0.1, 0.15) is 34.3 Å². The maximum Gasteiger partial charge on any atom is 0.257 e. The Balaban J connectivity index is 1.72. The largest absolute Gasteiger partial charge is 0.488 e. The molecule has 1 unspecified atom stereocenters. The lowest BCUT2D eigenvalue weighted by Crippen LogP contribution is -2.42. The molecule has 0 saturated carbocycles. The van der Waals surface area contributed by atoms with Gasteiger partial charge in [0.15, 0.2) is 0 Å². The molecule has 0 aromatic heterocycles. The van der Waals surface area contributed by atoms with E-state index < -0.39 is 0 Å². The number of piperidine rings is 1. The second-order valence-electron chi connectivity index (χ2n) is 7.03. The number of carbonyl (C=O) groups is 1. The zero-order chi connectivity index (χ0) is 18.4. The van der Waals surface area contributed by atoms with Crippen molar-refractivity contribution in [2.24, 2.45) is 5.92 Å². The third-order valence-electron chi connectivity index (χ3n) is 5.06. The fourth-order valence-corrected chi connectivity index (χ4v) is 3.57. The first-order chi connectivity index (χ1) is 12.7. The molecule has 1 aliphatic heterocycles. The van der Waals surface area contributed by atoms with Crippen molar-refractivity contribution in [3.63, 3.8) is 0 Å². The van der Waals surface area contributed by atoms with E-state index in [2.05, 4.69) is 24.4 Å². The summed E-state index contributed by atoms with van der Waals surface area (Å²) in [6.45, 7) is 5.14. The number of ether oxygens (including phenoxy) is 1. The van der Waals surface area contributed by atoms with Gasteiger partial charge in [0.1, 0.15) is 12.4 Å². The predicted molar refractivity (Wildman–Crippen MR) is 105 cm³/mol. The smallest absolute Gasteiger partial charge is 0.257 e. The SMILES string of the molecule is CNCC1CCCN(C(=O)c2ccccc2OCc2ccccc2C)C1. The number of amides is 1. The molecular weight excluding hydrogens is 324 g/mol. The molecule has 4 heteroatoms. The minimum atomic E-state index is 0.0752.